The van der Waals surface area contributed by atoms with E-state index in [1.807, 2.05) is 0 Å². The van der Waals surface area contributed by atoms with E-state index in [4.69, 9.17) is 0 Å². The van der Waals surface area contributed by atoms with E-state index in [1.165, 1.54) is 6.07 Å². The van der Waals surface area contributed by atoms with Crippen LogP contribution in [0.15, 0.2) is 24.3 Å². The molecule has 1 aliphatic carbocycles. The van der Waals surface area contributed by atoms with Crippen molar-refractivity contribution in [3.63, 3.8) is 0 Å². The molecule has 0 unspecified atom stereocenters. The standard InChI is InChI=1S/C23H27F3N4O2S/c24-17-9-19(23(26)20(25)10-17)21-1-2-22(29-28-21)27-18-7-15-12-30(13-16(15)8-18)11-14-3-5-33(31,32)6-4-14/h1-2,9-10,14-16,18H,3-8,11-13H2,(H,27,29)/t15-,16+,18+. The Labute approximate surface area is 191 Å². The Balaban J connectivity index is 1.13. The molecule has 5 rings (SSSR count). The fourth-order valence-electron chi connectivity index (χ4n) is 5.65. The summed E-state index contributed by atoms with van der Waals surface area (Å²) in [5.41, 5.74) is -0.177. The van der Waals surface area contributed by atoms with E-state index in [1.54, 1.807) is 6.07 Å². The Hall–Kier alpha value is -2.20. The van der Waals surface area contributed by atoms with Crippen molar-refractivity contribution in [2.24, 2.45) is 17.8 Å². The molecular weight excluding hydrogens is 453 g/mol. The number of hydrogen-bond donors (Lipinski definition) is 1. The van der Waals surface area contributed by atoms with Crippen LogP contribution >= 0.6 is 0 Å². The van der Waals surface area contributed by atoms with Crippen LogP contribution in [0.2, 0.25) is 0 Å². The van der Waals surface area contributed by atoms with E-state index < -0.39 is 27.3 Å². The molecule has 2 aliphatic heterocycles. The third-order valence-corrected chi connectivity index (χ3v) is 9.02. The maximum Gasteiger partial charge on any atom is 0.168 e. The first-order valence-corrected chi connectivity index (χ1v) is 13.3. The van der Waals surface area contributed by atoms with Gasteiger partial charge in [0, 0.05) is 37.3 Å². The predicted octanol–water partition coefficient (Wildman–Crippen LogP) is 3.51. The zero-order valence-electron chi connectivity index (χ0n) is 18.2. The second-order valence-electron chi connectivity index (χ2n) is 9.70. The summed E-state index contributed by atoms with van der Waals surface area (Å²) in [4.78, 5) is 2.50. The molecule has 2 saturated heterocycles. The largest absolute Gasteiger partial charge is 0.366 e. The first-order valence-electron chi connectivity index (χ1n) is 11.4. The van der Waals surface area contributed by atoms with E-state index in [0.717, 1.165) is 51.4 Å². The average molecular weight is 481 g/mol. The van der Waals surface area contributed by atoms with Crippen molar-refractivity contribution in [2.45, 2.75) is 31.7 Å². The summed E-state index contributed by atoms with van der Waals surface area (Å²) in [6.07, 6.45) is 3.60. The third kappa shape index (κ3) is 5.01. The van der Waals surface area contributed by atoms with E-state index >= 15 is 0 Å². The van der Waals surface area contributed by atoms with Crippen LogP contribution in [0.25, 0.3) is 11.3 Å². The van der Waals surface area contributed by atoms with Crippen molar-refractivity contribution in [1.29, 1.82) is 0 Å². The molecule has 0 spiro atoms. The number of anilines is 1. The molecule has 1 aromatic heterocycles. The quantitative estimate of drug-likeness (QED) is 0.661. The number of rotatable bonds is 5. The fourth-order valence-corrected chi connectivity index (χ4v) is 7.24. The van der Waals surface area contributed by atoms with Crippen molar-refractivity contribution < 1.29 is 21.6 Å². The Kier molecular flexibility index (Phi) is 6.07. The average Bonchev–Trinajstić information content (AvgIpc) is 3.31. The van der Waals surface area contributed by atoms with Gasteiger partial charge in [-0.15, -0.1) is 10.2 Å². The highest BCUT2D eigenvalue weighted by Gasteiger charge is 2.41. The highest BCUT2D eigenvalue weighted by molar-refractivity contribution is 7.91. The van der Waals surface area contributed by atoms with Gasteiger partial charge in [-0.2, -0.15) is 0 Å². The number of nitrogens with zero attached hydrogens (tertiary/aromatic N) is 3. The van der Waals surface area contributed by atoms with Gasteiger partial charge in [0.05, 0.1) is 17.2 Å². The minimum absolute atomic E-state index is 0.0749. The van der Waals surface area contributed by atoms with Gasteiger partial charge in [0.1, 0.15) is 21.5 Å². The molecule has 3 atom stereocenters. The van der Waals surface area contributed by atoms with Gasteiger partial charge in [0.15, 0.2) is 11.6 Å². The second-order valence-corrected chi connectivity index (χ2v) is 12.0. The lowest BCUT2D eigenvalue weighted by atomic mass is 10.0. The maximum absolute atomic E-state index is 14.0. The topological polar surface area (TPSA) is 75.2 Å². The number of hydrogen-bond acceptors (Lipinski definition) is 6. The molecule has 3 heterocycles. The molecule has 6 nitrogen and oxygen atoms in total. The molecule has 0 radical (unpaired) electrons. The van der Waals surface area contributed by atoms with Gasteiger partial charge in [-0.3, -0.25) is 0 Å². The molecule has 178 valence electrons. The van der Waals surface area contributed by atoms with Crippen molar-refractivity contribution in [2.75, 3.05) is 36.5 Å². The van der Waals surface area contributed by atoms with Gasteiger partial charge >= 0.3 is 0 Å². The molecule has 1 N–H and O–H groups in total. The third-order valence-electron chi connectivity index (χ3n) is 7.30. The molecule has 0 bridgehead atoms. The summed E-state index contributed by atoms with van der Waals surface area (Å²) in [5.74, 6) is -0.377. The SMILES string of the molecule is O=S1(=O)CCC(CN2C[C@H]3C[C@H](Nc4ccc(-c5cc(F)cc(F)c5F)nn4)C[C@H]3C2)CC1. The highest BCUT2D eigenvalue weighted by atomic mass is 32.2. The molecule has 10 heteroatoms. The molecule has 2 aromatic rings. The highest BCUT2D eigenvalue weighted by Crippen LogP contribution is 2.40. The normalized spacial score (nSPS) is 27.5. The minimum atomic E-state index is -2.82. The lowest BCUT2D eigenvalue weighted by Gasteiger charge is -2.27. The summed E-state index contributed by atoms with van der Waals surface area (Å²) in [6.45, 7) is 3.08. The lowest BCUT2D eigenvalue weighted by Crippen LogP contribution is -2.34. The number of sulfone groups is 1. The lowest BCUT2D eigenvalue weighted by molar-refractivity contribution is 0.247. The zero-order valence-corrected chi connectivity index (χ0v) is 19.0. The minimum Gasteiger partial charge on any atom is -0.366 e. The van der Waals surface area contributed by atoms with E-state index in [-0.39, 0.29) is 17.3 Å². The first-order chi connectivity index (χ1) is 15.8. The monoisotopic (exact) mass is 480 g/mol. The van der Waals surface area contributed by atoms with Crippen molar-refractivity contribution in [3.05, 3.63) is 41.7 Å². The summed E-state index contributed by atoms with van der Waals surface area (Å²) in [7, 11) is -2.82. The summed E-state index contributed by atoms with van der Waals surface area (Å²) < 4.78 is 64.2. The number of nitrogens with one attached hydrogen (secondary N) is 1. The van der Waals surface area contributed by atoms with E-state index in [2.05, 4.69) is 20.4 Å². The van der Waals surface area contributed by atoms with Crippen LogP contribution in [-0.4, -0.2) is 60.7 Å². The van der Waals surface area contributed by atoms with E-state index in [9.17, 15) is 21.6 Å². The van der Waals surface area contributed by atoms with Crippen molar-refractivity contribution in [1.82, 2.24) is 15.1 Å². The Morgan fingerprint density at radius 3 is 2.33 bits per heavy atom. The molecule has 3 fully saturated rings. The Bertz CT molecular complexity index is 1100. The van der Waals surface area contributed by atoms with Crippen LogP contribution in [0.3, 0.4) is 0 Å². The van der Waals surface area contributed by atoms with Crippen LogP contribution in [0.1, 0.15) is 25.7 Å². The summed E-state index contributed by atoms with van der Waals surface area (Å²) in [5, 5.41) is 11.4. The molecule has 3 aliphatic rings. The van der Waals surface area contributed by atoms with Crippen LogP contribution in [0.4, 0.5) is 19.0 Å². The zero-order chi connectivity index (χ0) is 23.2. The number of halogens is 3. The first kappa shape index (κ1) is 22.6. The van der Waals surface area contributed by atoms with Crippen LogP contribution in [0.5, 0.6) is 0 Å². The van der Waals surface area contributed by atoms with E-state index in [0.29, 0.717) is 41.1 Å². The molecule has 0 amide bonds. The fraction of sp³-hybridized carbons (Fsp3) is 0.565. The number of aromatic nitrogens is 2. The number of benzene rings is 1. The predicted molar refractivity (Wildman–Crippen MR) is 119 cm³/mol. The van der Waals surface area contributed by atoms with Crippen LogP contribution in [0, 0.1) is 35.2 Å². The number of fused-ring (bicyclic) bond motifs is 1. The van der Waals surface area contributed by atoms with Crippen molar-refractivity contribution in [3.8, 4) is 11.3 Å². The van der Waals surface area contributed by atoms with Gasteiger partial charge in [0.2, 0.25) is 0 Å². The summed E-state index contributed by atoms with van der Waals surface area (Å²) >= 11 is 0. The molecule has 1 saturated carbocycles. The van der Waals surface area contributed by atoms with Gasteiger partial charge in [0.25, 0.3) is 0 Å². The Morgan fingerprint density at radius 2 is 1.70 bits per heavy atom. The smallest absolute Gasteiger partial charge is 0.168 e. The van der Waals surface area contributed by atoms with Gasteiger partial charge in [-0.25, -0.2) is 21.6 Å². The van der Waals surface area contributed by atoms with Crippen molar-refractivity contribution >= 4 is 15.7 Å². The van der Waals surface area contributed by atoms with Crippen LogP contribution in [-0.2, 0) is 9.84 Å². The summed E-state index contributed by atoms with van der Waals surface area (Å²) in [6, 6.07) is 4.84. The van der Waals surface area contributed by atoms with Crippen LogP contribution < -0.4 is 5.32 Å². The van der Waals surface area contributed by atoms with Gasteiger partial charge in [-0.1, -0.05) is 0 Å². The van der Waals surface area contributed by atoms with Gasteiger partial charge in [-0.05, 0) is 61.6 Å². The molecular formula is C23H27F3N4O2S. The molecule has 33 heavy (non-hydrogen) atoms. The molecule has 1 aromatic carbocycles. The van der Waals surface area contributed by atoms with Gasteiger partial charge < -0.3 is 10.2 Å². The number of likely N-dealkylation sites (tertiary alicyclic amines) is 1. The second kappa shape index (κ2) is 8.87. The Morgan fingerprint density at radius 1 is 1.00 bits per heavy atom. The maximum atomic E-state index is 14.0.